The number of imide groups is 1. The van der Waals surface area contributed by atoms with Crippen molar-refractivity contribution in [2.75, 3.05) is 33.0 Å². The van der Waals surface area contributed by atoms with Gasteiger partial charge in [0.2, 0.25) is 5.91 Å². The molecule has 0 spiro atoms. The molecule has 0 aliphatic carbocycles. The predicted octanol–water partition coefficient (Wildman–Crippen LogP) is -9.44. The van der Waals surface area contributed by atoms with E-state index < -0.39 is 165 Å². The largest absolute Gasteiger partial charge is 0.394 e. The number of ether oxygens (including phenoxy) is 4. The topological polar surface area (TPSA) is 487 Å². The minimum absolute atomic E-state index is 0.00731. The molecule has 0 unspecified atom stereocenters. The minimum atomic E-state index is -1.36. The quantitative estimate of drug-likeness (QED) is 0.0932. The number of aryl methyl sites for hydroxylation is 1. The number of carbonyl (C=O) groups is 2. The number of carbonyl (C=O) groups excluding carboxylic acids is 2. The van der Waals surface area contributed by atoms with E-state index in [0.29, 0.717) is 0 Å². The van der Waals surface area contributed by atoms with Crippen molar-refractivity contribution in [1.82, 2.24) is 39.3 Å². The van der Waals surface area contributed by atoms with Crippen LogP contribution in [0.3, 0.4) is 0 Å². The number of aliphatic hydroxyl groups is 12. The maximum absolute atomic E-state index is 11.6. The highest BCUT2D eigenvalue weighted by atomic mass is 32.1. The first-order valence-corrected chi connectivity index (χ1v) is 21.0. The lowest BCUT2D eigenvalue weighted by Crippen LogP contribution is -2.56. The maximum Gasteiger partial charge on any atom is 0.330 e. The van der Waals surface area contributed by atoms with Crippen LogP contribution in [0.25, 0.3) is 0 Å². The Labute approximate surface area is 389 Å². The summed E-state index contributed by atoms with van der Waals surface area (Å²) < 4.78 is 23.1. The van der Waals surface area contributed by atoms with Crippen molar-refractivity contribution in [2.45, 2.75) is 111 Å². The monoisotopic (exact) mass is 1010 g/mol. The van der Waals surface area contributed by atoms with E-state index in [0.717, 1.165) is 20.2 Å². The van der Waals surface area contributed by atoms with Gasteiger partial charge in [0.15, 0.2) is 18.7 Å². The average Bonchev–Trinajstić information content (AvgIpc) is 3.97. The van der Waals surface area contributed by atoms with E-state index >= 15 is 0 Å². The van der Waals surface area contributed by atoms with Crippen molar-refractivity contribution in [2.24, 2.45) is 0 Å². The fourth-order valence-corrected chi connectivity index (χ4v) is 7.52. The summed E-state index contributed by atoms with van der Waals surface area (Å²) in [5.74, 6) is -0.391. The van der Waals surface area contributed by atoms with Crippen LogP contribution < -0.4 is 33.5 Å². The first kappa shape index (κ1) is 54.7. The van der Waals surface area contributed by atoms with Gasteiger partial charge in [0.1, 0.15) is 84.0 Å². The minimum Gasteiger partial charge on any atom is -0.394 e. The van der Waals surface area contributed by atoms with Gasteiger partial charge in [0.05, 0.1) is 32.0 Å². The highest BCUT2D eigenvalue weighted by Gasteiger charge is 2.48. The van der Waals surface area contributed by atoms with Gasteiger partial charge in [-0.2, -0.15) is 0 Å². The molecule has 5 aliphatic heterocycles. The molecule has 5 fully saturated rings. The van der Waals surface area contributed by atoms with Crippen LogP contribution in [0.5, 0.6) is 0 Å². The zero-order chi connectivity index (χ0) is 51.2. The summed E-state index contributed by atoms with van der Waals surface area (Å²) in [6, 6.07) is 0.793. The fraction of sp³-hybridized carbons (Fsp3) is 0.622. The van der Waals surface area contributed by atoms with Gasteiger partial charge in [-0.05, 0) is 13.0 Å². The molecule has 8 rings (SSSR count). The first-order chi connectivity index (χ1) is 32.6. The molecular weight excluding hydrogens is 957 g/mol. The number of urea groups is 1. The number of rotatable bonds is 8. The van der Waals surface area contributed by atoms with E-state index in [1.54, 1.807) is 0 Å². The van der Waals surface area contributed by atoms with Gasteiger partial charge in [-0.25, -0.2) is 19.2 Å². The van der Waals surface area contributed by atoms with Gasteiger partial charge >= 0.3 is 23.1 Å². The Bertz CT molecular complexity index is 2510. The fourth-order valence-electron chi connectivity index (χ4n) is 7.37. The molecule has 5 saturated heterocycles. The Kier molecular flexibility index (Phi) is 18.7. The van der Waals surface area contributed by atoms with E-state index in [2.05, 4.69) is 20.3 Å². The lowest BCUT2D eigenvalue weighted by atomic mass is 10.0. The van der Waals surface area contributed by atoms with Gasteiger partial charge in [-0.1, -0.05) is 12.2 Å². The lowest BCUT2D eigenvalue weighted by Gasteiger charge is -2.32. The molecule has 3 aromatic heterocycles. The number of H-pyrrole nitrogens is 4. The van der Waals surface area contributed by atoms with Crippen LogP contribution in [-0.4, -0.2) is 220 Å². The molecule has 0 radical (unpaired) electrons. The van der Waals surface area contributed by atoms with Crippen molar-refractivity contribution < 1.29 is 89.8 Å². The van der Waals surface area contributed by atoms with Gasteiger partial charge in [0, 0.05) is 37.1 Å². The highest BCUT2D eigenvalue weighted by Crippen LogP contribution is 2.32. The van der Waals surface area contributed by atoms with Gasteiger partial charge in [0.25, 0.3) is 11.1 Å². The second-order valence-corrected chi connectivity index (χ2v) is 16.2. The van der Waals surface area contributed by atoms with E-state index in [1.165, 1.54) is 25.4 Å². The number of aliphatic hydroxyl groups excluding tert-OH is 12. The van der Waals surface area contributed by atoms with Crippen LogP contribution in [-0.2, 0) is 23.7 Å². The zero-order valence-electron chi connectivity index (χ0n) is 35.9. The number of hydrogen-bond donors (Lipinski definition) is 17. The standard InChI is InChI=1S/C10H14N2O6.C9H12N2O6.C9H14N2O6.C9H12N2O5S/c1-4-2-12(10(17)11-8(4)16)9-7(15)6(14)5(3-13)18-9;12-2-4-5(13)6(14)7(17-4)3-1-10-9(16)11-8(3)15;12-3-4-6(14)7(15)8(17-4)11-2-1-5(13)10-9(11)16;12-3-4-6(13)7(14)8(16-4)11-2-1-5(17)10-9(11)15/h2,5-7,9,13-15H,3H2,1H3,(H,11,16,17);1,4-7,12-14H,2H2,(H2,10,11,15,16);4,6-8,12,14-15H,1-3H2,(H,10,13,16);1-2,4,6-8,12-14H,3H2,(H,10,15,17)/t5-,6-,7-,9-;4-,5-,6-,7+;2*4-,6-,7-,8-/m1111/s1. The van der Waals surface area contributed by atoms with E-state index in [-0.39, 0.29) is 28.7 Å². The molecule has 32 heteroatoms. The molecular formula is C37H52N8O23S. The third kappa shape index (κ3) is 12.2. The van der Waals surface area contributed by atoms with Gasteiger partial charge in [-0.3, -0.25) is 48.7 Å². The van der Waals surface area contributed by atoms with Crippen LogP contribution in [0.2, 0.25) is 0 Å². The molecule has 17 N–H and O–H groups in total. The van der Waals surface area contributed by atoms with Crippen LogP contribution in [0.4, 0.5) is 4.79 Å². The Hall–Kier alpha value is -5.24. The Morgan fingerprint density at radius 3 is 1.57 bits per heavy atom. The number of nitrogens with zero attached hydrogens (tertiary/aromatic N) is 3. The van der Waals surface area contributed by atoms with Crippen LogP contribution in [0.1, 0.15) is 36.1 Å². The molecule has 31 nitrogen and oxygen atoms in total. The molecule has 3 aromatic rings. The third-order valence-corrected chi connectivity index (χ3v) is 11.4. The van der Waals surface area contributed by atoms with Crippen molar-refractivity contribution in [1.29, 1.82) is 0 Å². The number of amides is 3. The van der Waals surface area contributed by atoms with Gasteiger partial charge < -0.3 is 85.2 Å². The third-order valence-electron chi connectivity index (χ3n) is 11.2. The van der Waals surface area contributed by atoms with Crippen LogP contribution >= 0.6 is 12.2 Å². The van der Waals surface area contributed by atoms with Crippen molar-refractivity contribution in [3.8, 4) is 0 Å². The maximum atomic E-state index is 11.6. The van der Waals surface area contributed by atoms with E-state index in [1.807, 2.05) is 4.98 Å². The van der Waals surface area contributed by atoms with Crippen LogP contribution in [0.15, 0.2) is 48.6 Å². The normalized spacial score (nSPS) is 34.0. The Morgan fingerprint density at radius 2 is 1.09 bits per heavy atom. The Balaban J connectivity index is 0.000000172. The smallest absolute Gasteiger partial charge is 0.330 e. The van der Waals surface area contributed by atoms with Gasteiger partial charge in [-0.15, -0.1) is 0 Å². The molecule has 8 heterocycles. The summed E-state index contributed by atoms with van der Waals surface area (Å²) in [5.41, 5.74) is -2.94. The second kappa shape index (κ2) is 23.6. The average molecular weight is 1010 g/mol. The summed E-state index contributed by atoms with van der Waals surface area (Å²) in [5, 5.41) is 115. The van der Waals surface area contributed by atoms with E-state index in [4.69, 9.17) is 51.6 Å². The number of aromatic amines is 4. The Morgan fingerprint density at radius 1 is 0.609 bits per heavy atom. The van der Waals surface area contributed by atoms with Crippen molar-refractivity contribution in [3.05, 3.63) is 92.6 Å². The summed E-state index contributed by atoms with van der Waals surface area (Å²) in [6.07, 6.45) is -14.6. The summed E-state index contributed by atoms with van der Waals surface area (Å²) in [7, 11) is 0. The summed E-state index contributed by atoms with van der Waals surface area (Å²) in [4.78, 5) is 88.9. The zero-order valence-corrected chi connectivity index (χ0v) is 36.7. The number of nitrogens with one attached hydrogen (secondary N) is 5. The molecule has 69 heavy (non-hydrogen) atoms. The van der Waals surface area contributed by atoms with Crippen LogP contribution in [0, 0.1) is 11.6 Å². The lowest BCUT2D eigenvalue weighted by molar-refractivity contribution is -0.125. The number of hydrogen-bond acceptors (Lipinski definition) is 24. The molecule has 0 bridgehead atoms. The van der Waals surface area contributed by atoms with Crippen molar-refractivity contribution in [3.63, 3.8) is 0 Å². The predicted molar refractivity (Wildman–Crippen MR) is 225 cm³/mol. The SMILES string of the molecule is Cc1cn([C@@H]2O[C@H](CO)[C@@H](O)[C@H]2O)c(=O)[nH]c1=O.O=C1CCN([C@@H]2O[C@H](CO)[C@@H](O)[C@H]2O)C(=O)N1.O=c1[nH]c(=S)ccn1[C@@H]1O[C@H](CO)[C@@H](O)[C@H]1O.O=c1[nH]cc([C@@H]2O[C@H](CO)[C@@H](O)[C@H]2O)c(=O)[nH]1. The molecule has 0 aromatic carbocycles. The summed E-state index contributed by atoms with van der Waals surface area (Å²) >= 11 is 4.77. The van der Waals surface area contributed by atoms with E-state index in [9.17, 15) is 74.4 Å². The highest BCUT2D eigenvalue weighted by molar-refractivity contribution is 7.71. The first-order valence-electron chi connectivity index (χ1n) is 20.6. The molecule has 3 amide bonds. The molecule has 0 saturated carbocycles. The van der Waals surface area contributed by atoms with Crippen molar-refractivity contribution >= 4 is 24.2 Å². The second-order valence-electron chi connectivity index (χ2n) is 15.8. The molecule has 384 valence electrons. The molecule has 16 atom stereocenters. The number of aromatic nitrogens is 6. The summed E-state index contributed by atoms with van der Waals surface area (Å²) in [6.45, 7) is -0.245. The molecule has 5 aliphatic rings.